The molecule has 0 aliphatic heterocycles. The maximum atomic E-state index is 13.7. The van der Waals surface area contributed by atoms with Crippen molar-refractivity contribution >= 4 is 28.3 Å². The van der Waals surface area contributed by atoms with E-state index < -0.39 is 11.7 Å². The van der Waals surface area contributed by atoms with Crippen LogP contribution in [-0.4, -0.2) is 28.7 Å². The third kappa shape index (κ3) is 5.24. The predicted molar refractivity (Wildman–Crippen MR) is 108 cm³/mol. The van der Waals surface area contributed by atoms with E-state index in [0.29, 0.717) is 22.9 Å². The summed E-state index contributed by atoms with van der Waals surface area (Å²) < 4.78 is 13.7. The Bertz CT molecular complexity index is 1070. The molecule has 1 aromatic heterocycles. The maximum absolute atomic E-state index is 13.7. The van der Waals surface area contributed by atoms with E-state index in [0.717, 1.165) is 5.56 Å². The predicted octanol–water partition coefficient (Wildman–Crippen LogP) is 3.61. The number of amides is 2. The van der Waals surface area contributed by atoms with Crippen molar-refractivity contribution in [2.45, 2.75) is 13.0 Å². The van der Waals surface area contributed by atoms with Crippen molar-refractivity contribution in [2.24, 2.45) is 0 Å². The molecule has 1 N–H and O–H groups in total. The highest BCUT2D eigenvalue weighted by atomic mass is 32.1. The van der Waals surface area contributed by atoms with Gasteiger partial charge in [0.05, 0.1) is 29.3 Å². The summed E-state index contributed by atoms with van der Waals surface area (Å²) >= 11 is 1.17. The summed E-state index contributed by atoms with van der Waals surface area (Å²) in [5.74, 6) is -1.33. The van der Waals surface area contributed by atoms with Crippen LogP contribution in [0.2, 0.25) is 0 Å². The molecule has 1 heterocycles. The molecule has 0 saturated carbocycles. The van der Waals surface area contributed by atoms with Crippen LogP contribution in [0, 0.1) is 17.1 Å². The molecule has 3 aromatic rings. The monoisotopic (exact) mass is 408 g/mol. The molecule has 0 aliphatic carbocycles. The van der Waals surface area contributed by atoms with Crippen LogP contribution in [0.4, 0.5) is 9.52 Å². The lowest BCUT2D eigenvalue weighted by Crippen LogP contribution is -2.27. The lowest BCUT2D eigenvalue weighted by Gasteiger charge is -2.16. The van der Waals surface area contributed by atoms with Crippen molar-refractivity contribution in [2.75, 3.05) is 12.4 Å². The molecule has 0 aliphatic rings. The van der Waals surface area contributed by atoms with Crippen molar-refractivity contribution in [3.8, 4) is 6.07 Å². The lowest BCUT2D eigenvalue weighted by molar-refractivity contribution is -0.129. The smallest absolute Gasteiger partial charge is 0.260 e. The largest absolute Gasteiger partial charge is 0.341 e. The fourth-order valence-corrected chi connectivity index (χ4v) is 3.30. The number of carbonyl (C=O) groups excluding carboxylic acids is 2. The zero-order valence-corrected chi connectivity index (χ0v) is 16.4. The molecule has 0 bridgehead atoms. The Balaban J connectivity index is 1.57. The quantitative estimate of drug-likeness (QED) is 0.675. The molecular formula is C21H17FN4O2S. The Morgan fingerprint density at radius 3 is 2.62 bits per heavy atom. The molecule has 0 fully saturated rings. The van der Waals surface area contributed by atoms with Crippen LogP contribution in [0.1, 0.15) is 27.2 Å². The third-order valence-electron chi connectivity index (χ3n) is 4.15. The minimum atomic E-state index is -0.610. The van der Waals surface area contributed by atoms with Crippen molar-refractivity contribution in [3.63, 3.8) is 0 Å². The normalized spacial score (nSPS) is 10.2. The Hall–Kier alpha value is -3.57. The van der Waals surface area contributed by atoms with Gasteiger partial charge in [0.1, 0.15) is 5.82 Å². The molecule has 3 rings (SSSR count). The number of thiazole rings is 1. The van der Waals surface area contributed by atoms with E-state index in [9.17, 15) is 14.0 Å². The topological polar surface area (TPSA) is 86.1 Å². The minimum Gasteiger partial charge on any atom is -0.341 e. The van der Waals surface area contributed by atoms with Gasteiger partial charge in [-0.1, -0.05) is 24.3 Å². The SMILES string of the molecule is CN(Cc1ccc(C#N)cc1)C(=O)Cc1csc(NC(=O)c2ccccc2F)n1. The second kappa shape index (κ2) is 9.08. The number of aromatic nitrogens is 1. The highest BCUT2D eigenvalue weighted by molar-refractivity contribution is 7.14. The number of hydrogen-bond donors (Lipinski definition) is 1. The fourth-order valence-electron chi connectivity index (χ4n) is 2.59. The Labute approximate surface area is 171 Å². The number of rotatable bonds is 6. The van der Waals surface area contributed by atoms with Gasteiger partial charge < -0.3 is 4.90 Å². The summed E-state index contributed by atoms with van der Waals surface area (Å²) in [5, 5.41) is 13.4. The zero-order chi connectivity index (χ0) is 20.8. The van der Waals surface area contributed by atoms with Crippen LogP contribution >= 0.6 is 11.3 Å². The molecule has 2 aromatic carbocycles. The molecule has 8 heteroatoms. The van der Waals surface area contributed by atoms with Crippen LogP contribution in [0.15, 0.2) is 53.9 Å². The van der Waals surface area contributed by atoms with Crippen LogP contribution in [0.5, 0.6) is 0 Å². The van der Waals surface area contributed by atoms with E-state index in [1.807, 2.05) is 12.1 Å². The van der Waals surface area contributed by atoms with Gasteiger partial charge in [0.2, 0.25) is 5.91 Å². The summed E-state index contributed by atoms with van der Waals surface area (Å²) in [6.45, 7) is 0.408. The van der Waals surface area contributed by atoms with Crippen LogP contribution in [-0.2, 0) is 17.8 Å². The van der Waals surface area contributed by atoms with Gasteiger partial charge in [0.25, 0.3) is 5.91 Å². The van der Waals surface area contributed by atoms with E-state index in [-0.39, 0.29) is 17.9 Å². The van der Waals surface area contributed by atoms with E-state index >= 15 is 0 Å². The first kappa shape index (κ1) is 20.2. The van der Waals surface area contributed by atoms with Crippen molar-refractivity contribution in [1.82, 2.24) is 9.88 Å². The average Bonchev–Trinajstić information content (AvgIpc) is 3.15. The first-order chi connectivity index (χ1) is 14.0. The average molecular weight is 408 g/mol. The number of anilines is 1. The van der Waals surface area contributed by atoms with Gasteiger partial charge in [-0.25, -0.2) is 9.37 Å². The van der Waals surface area contributed by atoms with Gasteiger partial charge >= 0.3 is 0 Å². The maximum Gasteiger partial charge on any atom is 0.260 e. The lowest BCUT2D eigenvalue weighted by atomic mass is 10.1. The summed E-state index contributed by atoms with van der Waals surface area (Å²) in [6, 6.07) is 14.8. The van der Waals surface area contributed by atoms with Crippen molar-refractivity contribution in [3.05, 3.63) is 82.1 Å². The number of likely N-dealkylation sites (N-methyl/N-ethyl adjacent to an activating group) is 1. The van der Waals surface area contributed by atoms with Gasteiger partial charge in [0, 0.05) is 19.0 Å². The summed E-state index contributed by atoms with van der Waals surface area (Å²) in [6.07, 6.45) is 0.0822. The van der Waals surface area contributed by atoms with Crippen LogP contribution in [0.25, 0.3) is 0 Å². The van der Waals surface area contributed by atoms with E-state index in [4.69, 9.17) is 5.26 Å². The molecular weight excluding hydrogens is 391 g/mol. The third-order valence-corrected chi connectivity index (χ3v) is 4.96. The Morgan fingerprint density at radius 2 is 1.93 bits per heavy atom. The number of nitrogens with one attached hydrogen (secondary N) is 1. The fraction of sp³-hybridized carbons (Fsp3) is 0.143. The standard InChI is InChI=1S/C21H17FN4O2S/c1-26(12-15-8-6-14(11-23)7-9-15)19(27)10-16-13-29-21(24-16)25-20(28)17-4-2-3-5-18(17)22/h2-9,13H,10,12H2,1H3,(H,24,25,28). The Kier molecular flexibility index (Phi) is 6.32. The Morgan fingerprint density at radius 1 is 1.21 bits per heavy atom. The van der Waals surface area contributed by atoms with Crippen molar-refractivity contribution in [1.29, 1.82) is 5.26 Å². The molecule has 2 amide bonds. The molecule has 146 valence electrons. The number of nitriles is 1. The summed E-state index contributed by atoms with van der Waals surface area (Å²) in [7, 11) is 1.69. The van der Waals surface area contributed by atoms with Crippen molar-refractivity contribution < 1.29 is 14.0 Å². The van der Waals surface area contributed by atoms with Crippen LogP contribution in [0.3, 0.4) is 0 Å². The van der Waals surface area contributed by atoms with E-state index in [1.54, 1.807) is 35.5 Å². The highest BCUT2D eigenvalue weighted by Gasteiger charge is 2.15. The number of nitrogens with zero attached hydrogens (tertiary/aromatic N) is 3. The number of halogens is 1. The van der Waals surface area contributed by atoms with Gasteiger partial charge in [0.15, 0.2) is 5.13 Å². The minimum absolute atomic E-state index is 0.0672. The van der Waals surface area contributed by atoms with Gasteiger partial charge in [-0.2, -0.15) is 5.26 Å². The molecule has 0 unspecified atom stereocenters. The molecule has 0 radical (unpaired) electrons. The number of carbonyl (C=O) groups is 2. The molecule has 0 saturated heterocycles. The first-order valence-electron chi connectivity index (χ1n) is 8.69. The van der Waals surface area contributed by atoms with Gasteiger partial charge in [-0.15, -0.1) is 11.3 Å². The van der Waals surface area contributed by atoms with Gasteiger partial charge in [-0.05, 0) is 29.8 Å². The highest BCUT2D eigenvalue weighted by Crippen LogP contribution is 2.18. The summed E-state index contributed by atoms with van der Waals surface area (Å²) in [4.78, 5) is 30.4. The molecule has 29 heavy (non-hydrogen) atoms. The second-order valence-electron chi connectivity index (χ2n) is 6.31. The van der Waals surface area contributed by atoms with Crippen LogP contribution < -0.4 is 5.32 Å². The van der Waals surface area contributed by atoms with E-state index in [1.165, 1.54) is 29.5 Å². The summed E-state index contributed by atoms with van der Waals surface area (Å²) in [5.41, 5.74) is 1.93. The number of benzene rings is 2. The zero-order valence-electron chi connectivity index (χ0n) is 15.6. The number of hydrogen-bond acceptors (Lipinski definition) is 5. The first-order valence-corrected chi connectivity index (χ1v) is 9.57. The molecule has 0 atom stereocenters. The van der Waals surface area contributed by atoms with Gasteiger partial charge in [-0.3, -0.25) is 14.9 Å². The second-order valence-corrected chi connectivity index (χ2v) is 7.17. The van der Waals surface area contributed by atoms with E-state index in [2.05, 4.69) is 16.4 Å². The molecule has 6 nitrogen and oxygen atoms in total. The molecule has 0 spiro atoms.